The number of aromatic hydroxyl groups is 1. The number of hydrogen-bond acceptors (Lipinski definition) is 6. The van der Waals surface area contributed by atoms with Crippen LogP contribution in [0.4, 0.5) is 4.39 Å². The predicted molar refractivity (Wildman–Crippen MR) is 134 cm³/mol. The number of aromatic nitrogens is 3. The van der Waals surface area contributed by atoms with Gasteiger partial charge in [-0.15, -0.1) is 0 Å². The first kappa shape index (κ1) is 25.5. The first-order chi connectivity index (χ1) is 17.2. The van der Waals surface area contributed by atoms with Gasteiger partial charge in [-0.1, -0.05) is 49.2 Å². The average Bonchev–Trinajstić information content (AvgIpc) is 2.85. The molecule has 0 saturated carbocycles. The highest BCUT2D eigenvalue weighted by molar-refractivity contribution is 7.91. The number of nitrogens with zero attached hydrogens (tertiary/aromatic N) is 3. The van der Waals surface area contributed by atoms with Crippen molar-refractivity contribution in [1.82, 2.24) is 14.5 Å². The quantitative estimate of drug-likeness (QED) is 0.322. The molecule has 0 amide bonds. The van der Waals surface area contributed by atoms with Gasteiger partial charge in [0.25, 0.3) is 5.56 Å². The largest absolute Gasteiger partial charge is 0.492 e. The van der Waals surface area contributed by atoms with Gasteiger partial charge in [0.15, 0.2) is 4.90 Å². The number of pyridine rings is 1. The molecule has 4 aromatic rings. The summed E-state index contributed by atoms with van der Waals surface area (Å²) in [6.45, 7) is 2.02. The lowest BCUT2D eigenvalue weighted by atomic mass is 10.1. The van der Waals surface area contributed by atoms with Gasteiger partial charge in [-0.05, 0) is 53.9 Å². The number of aryl methyl sites for hydroxylation is 1. The lowest BCUT2D eigenvalue weighted by Gasteiger charge is -2.15. The molecule has 2 aromatic carbocycles. The highest BCUT2D eigenvalue weighted by atomic mass is 35.5. The molecule has 2 heterocycles. The molecular formula is C26H23ClFN3O4S. The second-order valence-electron chi connectivity index (χ2n) is 8.20. The van der Waals surface area contributed by atoms with Crippen molar-refractivity contribution in [3.8, 4) is 17.0 Å². The van der Waals surface area contributed by atoms with Crippen LogP contribution in [0.2, 0.25) is 5.02 Å². The topological polar surface area (TPSA) is 102 Å². The predicted octanol–water partition coefficient (Wildman–Crippen LogP) is 5.03. The van der Waals surface area contributed by atoms with Gasteiger partial charge in [0.05, 0.1) is 11.4 Å². The van der Waals surface area contributed by atoms with E-state index in [0.29, 0.717) is 34.6 Å². The summed E-state index contributed by atoms with van der Waals surface area (Å²) < 4.78 is 41.3. The van der Waals surface area contributed by atoms with Gasteiger partial charge in [-0.2, -0.15) is 9.37 Å². The molecule has 0 aliphatic rings. The Kier molecular flexibility index (Phi) is 7.51. The molecule has 0 atom stereocenters. The Hall–Kier alpha value is -3.56. The summed E-state index contributed by atoms with van der Waals surface area (Å²) in [6.07, 6.45) is 3.25. The number of benzene rings is 2. The molecule has 0 unspecified atom stereocenters. The molecule has 0 aliphatic carbocycles. The van der Waals surface area contributed by atoms with E-state index in [-0.39, 0.29) is 17.3 Å². The van der Waals surface area contributed by atoms with Crippen molar-refractivity contribution in [3.63, 3.8) is 0 Å². The minimum atomic E-state index is -4.41. The molecule has 4 rings (SSSR count). The van der Waals surface area contributed by atoms with Crippen molar-refractivity contribution in [2.24, 2.45) is 0 Å². The summed E-state index contributed by atoms with van der Waals surface area (Å²) >= 11 is 6.09. The normalized spacial score (nSPS) is 11.5. The highest BCUT2D eigenvalue weighted by Gasteiger charge is 2.29. The third kappa shape index (κ3) is 5.32. The van der Waals surface area contributed by atoms with E-state index in [1.54, 1.807) is 24.3 Å². The molecule has 36 heavy (non-hydrogen) atoms. The zero-order chi connectivity index (χ0) is 25.9. The molecule has 0 bridgehead atoms. The SMILES string of the molecule is CCCCc1nc(O)c(S(=O)(=O)c2ccc(-c3ccc(F)nc3)cc2)c(=O)n1Cc1cccc(Cl)c1. The van der Waals surface area contributed by atoms with E-state index in [1.807, 2.05) is 6.92 Å². The van der Waals surface area contributed by atoms with Crippen LogP contribution in [0.3, 0.4) is 0 Å². The van der Waals surface area contributed by atoms with Crippen LogP contribution in [0.5, 0.6) is 5.88 Å². The Bertz CT molecular complexity index is 1550. The molecule has 0 spiro atoms. The number of sulfone groups is 1. The third-order valence-corrected chi connectivity index (χ3v) is 7.69. The zero-order valence-corrected chi connectivity index (χ0v) is 20.9. The van der Waals surface area contributed by atoms with Gasteiger partial charge in [-0.3, -0.25) is 9.36 Å². The Morgan fingerprint density at radius 2 is 1.78 bits per heavy atom. The summed E-state index contributed by atoms with van der Waals surface area (Å²) in [5.41, 5.74) is 1.03. The second-order valence-corrected chi connectivity index (χ2v) is 10.5. The van der Waals surface area contributed by atoms with Crippen LogP contribution >= 0.6 is 11.6 Å². The fraction of sp³-hybridized carbons (Fsp3) is 0.192. The molecular weight excluding hydrogens is 505 g/mol. The number of halogens is 2. The van der Waals surface area contributed by atoms with Gasteiger partial charge in [-0.25, -0.2) is 13.4 Å². The fourth-order valence-electron chi connectivity index (χ4n) is 3.80. The molecule has 186 valence electrons. The molecule has 0 aliphatic heterocycles. The maximum Gasteiger partial charge on any atom is 0.277 e. The first-order valence-electron chi connectivity index (χ1n) is 11.2. The number of rotatable bonds is 8. The molecule has 2 aromatic heterocycles. The monoisotopic (exact) mass is 527 g/mol. The maximum absolute atomic E-state index is 13.5. The van der Waals surface area contributed by atoms with Gasteiger partial charge in [0.1, 0.15) is 5.82 Å². The summed E-state index contributed by atoms with van der Waals surface area (Å²) in [5.74, 6) is -1.17. The van der Waals surface area contributed by atoms with Crippen LogP contribution in [0, 0.1) is 5.95 Å². The summed E-state index contributed by atoms with van der Waals surface area (Å²) in [7, 11) is -4.41. The molecule has 7 nitrogen and oxygen atoms in total. The zero-order valence-electron chi connectivity index (χ0n) is 19.4. The van der Waals surface area contributed by atoms with E-state index in [0.717, 1.165) is 6.42 Å². The maximum atomic E-state index is 13.5. The Labute approximate surface area is 212 Å². The van der Waals surface area contributed by atoms with Crippen molar-refractivity contribution in [2.45, 2.75) is 42.5 Å². The Morgan fingerprint density at radius 3 is 2.42 bits per heavy atom. The van der Waals surface area contributed by atoms with E-state index < -0.39 is 32.1 Å². The minimum Gasteiger partial charge on any atom is -0.492 e. The smallest absolute Gasteiger partial charge is 0.277 e. The third-order valence-electron chi connectivity index (χ3n) is 5.67. The van der Waals surface area contributed by atoms with Gasteiger partial charge >= 0.3 is 0 Å². The van der Waals surface area contributed by atoms with Crippen LogP contribution < -0.4 is 5.56 Å². The summed E-state index contributed by atoms with van der Waals surface area (Å²) in [4.78, 5) is 20.2. The van der Waals surface area contributed by atoms with Crippen LogP contribution in [-0.2, 0) is 22.8 Å². The van der Waals surface area contributed by atoms with Crippen molar-refractivity contribution < 1.29 is 17.9 Å². The lowest BCUT2D eigenvalue weighted by Crippen LogP contribution is -2.30. The van der Waals surface area contributed by atoms with E-state index in [1.165, 1.54) is 47.2 Å². The van der Waals surface area contributed by atoms with Crippen LogP contribution in [0.1, 0.15) is 31.2 Å². The van der Waals surface area contributed by atoms with Crippen molar-refractivity contribution in [1.29, 1.82) is 0 Å². The Morgan fingerprint density at radius 1 is 1.06 bits per heavy atom. The van der Waals surface area contributed by atoms with Gasteiger partial charge in [0, 0.05) is 23.2 Å². The Balaban J connectivity index is 1.78. The minimum absolute atomic E-state index is 0.0464. The van der Waals surface area contributed by atoms with Crippen molar-refractivity contribution in [3.05, 3.63) is 99.6 Å². The van der Waals surface area contributed by atoms with Crippen LogP contribution in [-0.4, -0.2) is 28.1 Å². The van der Waals surface area contributed by atoms with Gasteiger partial charge < -0.3 is 5.11 Å². The first-order valence-corrected chi connectivity index (χ1v) is 13.1. The lowest BCUT2D eigenvalue weighted by molar-refractivity contribution is 0.419. The van der Waals surface area contributed by atoms with Crippen LogP contribution in [0.15, 0.2) is 81.4 Å². The average molecular weight is 528 g/mol. The van der Waals surface area contributed by atoms with Gasteiger partial charge in [0.2, 0.25) is 21.7 Å². The highest BCUT2D eigenvalue weighted by Crippen LogP contribution is 2.27. The molecule has 1 N–H and O–H groups in total. The van der Waals surface area contributed by atoms with Crippen molar-refractivity contribution >= 4 is 21.4 Å². The van der Waals surface area contributed by atoms with E-state index >= 15 is 0 Å². The summed E-state index contributed by atoms with van der Waals surface area (Å²) in [6, 6.07) is 15.3. The number of unbranched alkanes of at least 4 members (excludes halogenated alkanes) is 1. The van der Waals surface area contributed by atoms with E-state index in [9.17, 15) is 22.7 Å². The molecule has 0 fully saturated rings. The van der Waals surface area contributed by atoms with Crippen molar-refractivity contribution in [2.75, 3.05) is 0 Å². The standard InChI is InChI=1S/C26H23ClFN3O4S/c1-2-3-7-23-30-25(32)24(26(33)31(23)16-17-5-4-6-20(27)14-17)36(34,35)21-11-8-18(9-12-21)19-10-13-22(28)29-15-19/h4-6,8-15,32H,2-3,7,16H2,1H3. The molecule has 10 heteroatoms. The van der Waals surface area contributed by atoms with E-state index in [4.69, 9.17) is 11.6 Å². The molecule has 0 saturated heterocycles. The number of hydrogen-bond donors (Lipinski definition) is 1. The second kappa shape index (κ2) is 10.6. The van der Waals surface area contributed by atoms with Crippen LogP contribution in [0.25, 0.3) is 11.1 Å². The summed E-state index contributed by atoms with van der Waals surface area (Å²) in [5, 5.41) is 11.1. The molecule has 0 radical (unpaired) electrons. The fourth-order valence-corrected chi connectivity index (χ4v) is 5.37. The van der Waals surface area contributed by atoms with E-state index in [2.05, 4.69) is 9.97 Å².